The summed E-state index contributed by atoms with van der Waals surface area (Å²) in [6.45, 7) is 0. The Bertz CT molecular complexity index is 430. The van der Waals surface area contributed by atoms with Crippen molar-refractivity contribution in [3.8, 4) is 0 Å². The number of fused-ring (bicyclic) bond motifs is 1. The van der Waals surface area contributed by atoms with Crippen LogP contribution < -0.4 is 0 Å². The van der Waals surface area contributed by atoms with Gasteiger partial charge in [0.15, 0.2) is 5.65 Å². The zero-order valence-electron chi connectivity index (χ0n) is 7.22. The lowest BCUT2D eigenvalue weighted by atomic mass is 9.93. The summed E-state index contributed by atoms with van der Waals surface area (Å²) in [5.41, 5.74) is 1.82. The molecule has 0 N–H and O–H groups in total. The van der Waals surface area contributed by atoms with E-state index in [2.05, 4.69) is 15.3 Å². The molecule has 1 aliphatic carbocycles. The lowest BCUT2D eigenvalue weighted by molar-refractivity contribution is 0.290. The Morgan fingerprint density at radius 3 is 3.08 bits per heavy atom. The fraction of sp³-hybridized carbons (Fsp3) is 0.444. The summed E-state index contributed by atoms with van der Waals surface area (Å²) in [6.07, 6.45) is 5.53. The van der Waals surface area contributed by atoms with E-state index in [1.54, 1.807) is 6.20 Å². The van der Waals surface area contributed by atoms with Gasteiger partial charge in [0.1, 0.15) is 5.52 Å². The highest BCUT2D eigenvalue weighted by Crippen LogP contribution is 2.32. The van der Waals surface area contributed by atoms with Crippen LogP contribution in [0.15, 0.2) is 18.3 Å². The molecule has 66 valence electrons. The molecule has 4 nitrogen and oxygen atoms in total. The van der Waals surface area contributed by atoms with Crippen molar-refractivity contribution in [3.05, 3.63) is 18.3 Å². The van der Waals surface area contributed by atoms with Crippen LogP contribution in [0.3, 0.4) is 0 Å². The molecule has 2 aromatic heterocycles. The molecule has 1 aliphatic rings. The SMILES string of the molecule is c1cnc2c(c1)nnn2C1CCC1. The van der Waals surface area contributed by atoms with E-state index < -0.39 is 0 Å². The minimum Gasteiger partial charge on any atom is -0.235 e. The monoisotopic (exact) mass is 174 g/mol. The average Bonchev–Trinajstić information content (AvgIpc) is 2.47. The van der Waals surface area contributed by atoms with Gasteiger partial charge in [-0.2, -0.15) is 0 Å². The van der Waals surface area contributed by atoms with E-state index in [9.17, 15) is 0 Å². The van der Waals surface area contributed by atoms with Crippen molar-refractivity contribution in [1.82, 2.24) is 20.0 Å². The molecular weight excluding hydrogens is 164 g/mol. The molecule has 0 unspecified atom stereocenters. The summed E-state index contributed by atoms with van der Waals surface area (Å²) < 4.78 is 1.96. The third-order valence-corrected chi connectivity index (χ3v) is 2.65. The first-order chi connectivity index (χ1) is 6.45. The molecule has 0 saturated heterocycles. The van der Waals surface area contributed by atoms with Gasteiger partial charge in [-0.05, 0) is 31.4 Å². The Labute approximate surface area is 75.6 Å². The fourth-order valence-electron chi connectivity index (χ4n) is 1.66. The van der Waals surface area contributed by atoms with E-state index in [0.717, 1.165) is 11.2 Å². The topological polar surface area (TPSA) is 43.6 Å². The van der Waals surface area contributed by atoms with Gasteiger partial charge in [-0.3, -0.25) is 0 Å². The van der Waals surface area contributed by atoms with Gasteiger partial charge in [0.25, 0.3) is 0 Å². The smallest absolute Gasteiger partial charge is 0.178 e. The van der Waals surface area contributed by atoms with Crippen LogP contribution in [0, 0.1) is 0 Å². The van der Waals surface area contributed by atoms with Gasteiger partial charge in [-0.1, -0.05) is 5.21 Å². The first kappa shape index (κ1) is 7.00. The third kappa shape index (κ3) is 0.946. The Morgan fingerprint density at radius 2 is 2.31 bits per heavy atom. The second-order valence-electron chi connectivity index (χ2n) is 3.46. The molecule has 0 aliphatic heterocycles. The quantitative estimate of drug-likeness (QED) is 0.658. The molecule has 0 spiro atoms. The fourth-order valence-corrected chi connectivity index (χ4v) is 1.66. The predicted octanol–water partition coefficient (Wildman–Crippen LogP) is 1.55. The molecule has 2 heterocycles. The molecule has 3 rings (SSSR count). The molecule has 13 heavy (non-hydrogen) atoms. The lowest BCUT2D eigenvalue weighted by Gasteiger charge is -2.24. The minimum absolute atomic E-state index is 0.542. The Balaban J connectivity index is 2.17. The molecule has 4 heteroatoms. The standard InChI is InChI=1S/C9H10N4/c1-3-7(4-1)13-9-8(11-12-13)5-2-6-10-9/h2,5-7H,1,3-4H2. The zero-order chi connectivity index (χ0) is 8.67. The van der Waals surface area contributed by atoms with E-state index in [-0.39, 0.29) is 0 Å². The Kier molecular flexibility index (Phi) is 1.36. The van der Waals surface area contributed by atoms with E-state index in [0.29, 0.717) is 6.04 Å². The minimum atomic E-state index is 0.542. The summed E-state index contributed by atoms with van der Waals surface area (Å²) in [6, 6.07) is 4.38. The van der Waals surface area contributed by atoms with Gasteiger partial charge < -0.3 is 0 Å². The predicted molar refractivity (Wildman–Crippen MR) is 48.2 cm³/mol. The van der Waals surface area contributed by atoms with Crippen LogP contribution in [0.5, 0.6) is 0 Å². The van der Waals surface area contributed by atoms with Gasteiger partial charge >= 0.3 is 0 Å². The van der Waals surface area contributed by atoms with Crippen molar-refractivity contribution >= 4 is 11.2 Å². The number of rotatable bonds is 1. The second-order valence-corrected chi connectivity index (χ2v) is 3.46. The number of hydrogen-bond acceptors (Lipinski definition) is 3. The van der Waals surface area contributed by atoms with Crippen LogP contribution in [0.2, 0.25) is 0 Å². The maximum Gasteiger partial charge on any atom is 0.178 e. The van der Waals surface area contributed by atoms with Gasteiger partial charge in [-0.25, -0.2) is 9.67 Å². The van der Waals surface area contributed by atoms with E-state index >= 15 is 0 Å². The third-order valence-electron chi connectivity index (χ3n) is 2.65. The lowest BCUT2D eigenvalue weighted by Crippen LogP contribution is -2.18. The molecule has 0 amide bonds. The van der Waals surface area contributed by atoms with Crippen LogP contribution in [-0.4, -0.2) is 20.0 Å². The number of nitrogens with zero attached hydrogens (tertiary/aromatic N) is 4. The molecule has 2 aromatic rings. The maximum atomic E-state index is 4.28. The van der Waals surface area contributed by atoms with Crippen LogP contribution in [0.1, 0.15) is 25.3 Å². The summed E-state index contributed by atoms with van der Waals surface area (Å²) in [7, 11) is 0. The highest BCUT2D eigenvalue weighted by molar-refractivity contribution is 5.68. The Hall–Kier alpha value is -1.45. The number of aromatic nitrogens is 4. The second kappa shape index (κ2) is 2.52. The van der Waals surface area contributed by atoms with Crippen molar-refractivity contribution in [3.63, 3.8) is 0 Å². The normalized spacial score (nSPS) is 17.5. The molecule has 0 radical (unpaired) electrons. The largest absolute Gasteiger partial charge is 0.235 e. The first-order valence-corrected chi connectivity index (χ1v) is 4.61. The van der Waals surface area contributed by atoms with Crippen molar-refractivity contribution < 1.29 is 0 Å². The molecular formula is C9H10N4. The highest BCUT2D eigenvalue weighted by atomic mass is 15.5. The summed E-state index contributed by atoms with van der Waals surface area (Å²) >= 11 is 0. The Morgan fingerprint density at radius 1 is 1.38 bits per heavy atom. The summed E-state index contributed by atoms with van der Waals surface area (Å²) in [5, 5.41) is 8.19. The summed E-state index contributed by atoms with van der Waals surface area (Å²) in [4.78, 5) is 4.28. The highest BCUT2D eigenvalue weighted by Gasteiger charge is 2.22. The van der Waals surface area contributed by atoms with Crippen LogP contribution in [-0.2, 0) is 0 Å². The molecule has 0 atom stereocenters. The van der Waals surface area contributed by atoms with Crippen LogP contribution >= 0.6 is 0 Å². The van der Waals surface area contributed by atoms with Gasteiger partial charge in [0.05, 0.1) is 6.04 Å². The van der Waals surface area contributed by atoms with Crippen LogP contribution in [0.25, 0.3) is 11.2 Å². The molecule has 1 fully saturated rings. The van der Waals surface area contributed by atoms with Crippen molar-refractivity contribution in [2.24, 2.45) is 0 Å². The van der Waals surface area contributed by atoms with E-state index in [1.165, 1.54) is 19.3 Å². The van der Waals surface area contributed by atoms with E-state index in [1.807, 2.05) is 16.8 Å². The van der Waals surface area contributed by atoms with Crippen molar-refractivity contribution in [2.45, 2.75) is 25.3 Å². The zero-order valence-corrected chi connectivity index (χ0v) is 7.22. The molecule has 0 bridgehead atoms. The van der Waals surface area contributed by atoms with Gasteiger partial charge in [0.2, 0.25) is 0 Å². The van der Waals surface area contributed by atoms with Gasteiger partial charge in [-0.15, -0.1) is 5.10 Å². The maximum absolute atomic E-state index is 4.28. The first-order valence-electron chi connectivity index (χ1n) is 4.61. The van der Waals surface area contributed by atoms with Crippen LogP contribution in [0.4, 0.5) is 0 Å². The molecule has 0 aromatic carbocycles. The van der Waals surface area contributed by atoms with Crippen molar-refractivity contribution in [2.75, 3.05) is 0 Å². The average molecular weight is 174 g/mol. The molecule has 1 saturated carbocycles. The number of pyridine rings is 1. The summed E-state index contributed by atoms with van der Waals surface area (Å²) in [5.74, 6) is 0. The van der Waals surface area contributed by atoms with Gasteiger partial charge in [0, 0.05) is 6.20 Å². The van der Waals surface area contributed by atoms with E-state index in [4.69, 9.17) is 0 Å². The number of hydrogen-bond donors (Lipinski definition) is 0. The van der Waals surface area contributed by atoms with Crippen molar-refractivity contribution in [1.29, 1.82) is 0 Å².